The second kappa shape index (κ2) is 9.55. The Morgan fingerprint density at radius 3 is 2.62 bits per heavy atom. The number of hydrogen-bond donors (Lipinski definition) is 1. The third-order valence-electron chi connectivity index (χ3n) is 5.84. The average Bonchev–Trinajstić information content (AvgIpc) is 3.24. The van der Waals surface area contributed by atoms with Crippen LogP contribution in [0, 0.1) is 20.8 Å². The number of rotatable bonds is 7. The molecule has 0 radical (unpaired) electrons. The van der Waals surface area contributed by atoms with E-state index >= 15 is 0 Å². The fraction of sp³-hybridized carbons (Fsp3) is 0.417. The van der Waals surface area contributed by atoms with Gasteiger partial charge in [-0.15, -0.1) is 21.5 Å². The number of aryl methyl sites for hydroxylation is 2. The maximum absolute atomic E-state index is 12.8. The quantitative estimate of drug-likeness (QED) is 0.464. The van der Waals surface area contributed by atoms with E-state index in [-0.39, 0.29) is 12.3 Å². The van der Waals surface area contributed by atoms with Crippen molar-refractivity contribution in [2.24, 2.45) is 4.99 Å². The fourth-order valence-corrected chi connectivity index (χ4v) is 5.32. The first kappa shape index (κ1) is 22.7. The van der Waals surface area contributed by atoms with Gasteiger partial charge >= 0.3 is 0 Å². The van der Waals surface area contributed by atoms with Gasteiger partial charge in [0.05, 0.1) is 12.1 Å². The van der Waals surface area contributed by atoms with E-state index in [2.05, 4.69) is 40.9 Å². The molecule has 0 saturated heterocycles. The summed E-state index contributed by atoms with van der Waals surface area (Å²) in [4.78, 5) is 19.1. The number of aliphatic imine (C=N–C) groups is 1. The van der Waals surface area contributed by atoms with E-state index in [4.69, 9.17) is 16.6 Å². The largest absolute Gasteiger partial charge is 0.356 e. The molecule has 32 heavy (non-hydrogen) atoms. The average molecular weight is 470 g/mol. The first-order chi connectivity index (χ1) is 15.4. The lowest BCUT2D eigenvalue weighted by molar-refractivity contribution is -0.121. The predicted molar refractivity (Wildman–Crippen MR) is 130 cm³/mol. The van der Waals surface area contributed by atoms with Gasteiger partial charge in [-0.2, -0.15) is 0 Å². The number of aromatic nitrogens is 3. The number of hydrogen-bond acceptors (Lipinski definition) is 5. The molecular weight excluding hydrogens is 442 g/mol. The Morgan fingerprint density at radius 1 is 1.16 bits per heavy atom. The van der Waals surface area contributed by atoms with Gasteiger partial charge in [0.15, 0.2) is 5.82 Å². The van der Waals surface area contributed by atoms with Crippen LogP contribution < -0.4 is 5.32 Å². The van der Waals surface area contributed by atoms with Crippen molar-refractivity contribution in [2.45, 2.75) is 59.4 Å². The van der Waals surface area contributed by atoms with Gasteiger partial charge in [0, 0.05) is 27.6 Å². The summed E-state index contributed by atoms with van der Waals surface area (Å²) in [6.45, 7) is 9.02. The first-order valence-corrected chi connectivity index (χ1v) is 12.2. The Labute approximate surface area is 197 Å². The van der Waals surface area contributed by atoms with Gasteiger partial charge in [-0.1, -0.05) is 43.5 Å². The Bertz CT molecular complexity index is 1160. The van der Waals surface area contributed by atoms with Crippen molar-refractivity contribution in [3.05, 3.63) is 62.5 Å². The molecule has 1 atom stereocenters. The van der Waals surface area contributed by atoms with Crippen LogP contribution >= 0.6 is 22.9 Å². The molecule has 2 aromatic heterocycles. The van der Waals surface area contributed by atoms with Crippen LogP contribution in [0.25, 0.3) is 5.00 Å². The van der Waals surface area contributed by atoms with E-state index < -0.39 is 6.04 Å². The maximum atomic E-state index is 12.8. The topological polar surface area (TPSA) is 72.2 Å². The Balaban J connectivity index is 1.79. The molecule has 6 nitrogen and oxygen atoms in total. The maximum Gasteiger partial charge on any atom is 0.222 e. The monoisotopic (exact) mass is 469 g/mol. The SMILES string of the molecule is CCCCCNC(=O)C[C@@H]1N=C(c2ccc(Cl)cc2)c2c(sc(C)c2C)-n2c(C)nnc21. The second-order valence-corrected chi connectivity index (χ2v) is 9.81. The van der Waals surface area contributed by atoms with Gasteiger partial charge in [-0.05, 0) is 44.9 Å². The molecule has 1 aromatic carbocycles. The van der Waals surface area contributed by atoms with Gasteiger partial charge in [-0.3, -0.25) is 14.4 Å². The van der Waals surface area contributed by atoms with Crippen LogP contribution in [0.5, 0.6) is 0 Å². The number of carbonyl (C=O) groups excluding carboxylic acids is 1. The first-order valence-electron chi connectivity index (χ1n) is 11.0. The highest BCUT2D eigenvalue weighted by molar-refractivity contribution is 7.15. The predicted octanol–water partition coefficient (Wildman–Crippen LogP) is 5.50. The van der Waals surface area contributed by atoms with Crippen LogP contribution in [0.3, 0.4) is 0 Å². The molecule has 1 aliphatic heterocycles. The van der Waals surface area contributed by atoms with Gasteiger partial charge in [-0.25, -0.2) is 0 Å². The number of benzene rings is 1. The summed E-state index contributed by atoms with van der Waals surface area (Å²) in [6, 6.07) is 7.29. The number of halogens is 1. The summed E-state index contributed by atoms with van der Waals surface area (Å²) >= 11 is 7.86. The minimum absolute atomic E-state index is 0.0179. The highest BCUT2D eigenvalue weighted by Gasteiger charge is 2.32. The van der Waals surface area contributed by atoms with Crippen molar-refractivity contribution in [1.82, 2.24) is 20.1 Å². The molecule has 3 aromatic rings. The van der Waals surface area contributed by atoms with Crippen LogP contribution in [0.1, 0.15) is 71.9 Å². The third kappa shape index (κ3) is 4.36. The number of carbonyl (C=O) groups is 1. The normalized spacial score (nSPS) is 15.0. The Kier molecular flexibility index (Phi) is 6.76. The molecule has 0 unspecified atom stereocenters. The third-order valence-corrected chi connectivity index (χ3v) is 7.28. The molecule has 168 valence electrons. The number of nitrogens with one attached hydrogen (secondary N) is 1. The van der Waals surface area contributed by atoms with Gasteiger partial charge in [0.2, 0.25) is 5.91 Å². The minimum atomic E-state index is -0.424. The van der Waals surface area contributed by atoms with Gasteiger partial charge in [0.25, 0.3) is 0 Å². The summed E-state index contributed by atoms with van der Waals surface area (Å²) in [5, 5.41) is 13.6. The van der Waals surface area contributed by atoms with E-state index in [1.165, 1.54) is 10.4 Å². The van der Waals surface area contributed by atoms with Crippen LogP contribution in [0.4, 0.5) is 0 Å². The molecule has 0 saturated carbocycles. The van der Waals surface area contributed by atoms with E-state index in [9.17, 15) is 4.79 Å². The van der Waals surface area contributed by atoms with Crippen LogP contribution in [-0.2, 0) is 4.79 Å². The summed E-state index contributed by atoms with van der Waals surface area (Å²) in [7, 11) is 0. The van der Waals surface area contributed by atoms with E-state index in [1.807, 2.05) is 31.2 Å². The molecule has 0 spiro atoms. The van der Waals surface area contributed by atoms with Gasteiger partial charge in [0.1, 0.15) is 16.9 Å². The number of nitrogens with zero attached hydrogens (tertiary/aromatic N) is 4. The highest BCUT2D eigenvalue weighted by Crippen LogP contribution is 2.39. The smallest absolute Gasteiger partial charge is 0.222 e. The van der Waals surface area contributed by atoms with Crippen LogP contribution in [0.2, 0.25) is 5.02 Å². The lowest BCUT2D eigenvalue weighted by Gasteiger charge is -2.13. The summed E-state index contributed by atoms with van der Waals surface area (Å²) < 4.78 is 2.07. The number of unbranched alkanes of at least 4 members (excludes halogenated alkanes) is 2. The zero-order valence-electron chi connectivity index (χ0n) is 18.9. The van der Waals surface area contributed by atoms with Crippen molar-refractivity contribution in [1.29, 1.82) is 0 Å². The molecule has 8 heteroatoms. The zero-order valence-corrected chi connectivity index (χ0v) is 20.5. The number of fused-ring (bicyclic) bond motifs is 3. The Morgan fingerprint density at radius 2 is 1.91 bits per heavy atom. The lowest BCUT2D eigenvalue weighted by Crippen LogP contribution is -2.26. The second-order valence-electron chi connectivity index (χ2n) is 8.17. The Hall–Kier alpha value is -2.51. The van der Waals surface area contributed by atoms with Crippen molar-refractivity contribution in [3.8, 4) is 5.00 Å². The molecule has 4 rings (SSSR count). The van der Waals surface area contributed by atoms with E-state index in [0.29, 0.717) is 17.4 Å². The zero-order chi connectivity index (χ0) is 22.8. The highest BCUT2D eigenvalue weighted by atomic mass is 35.5. The van der Waals surface area contributed by atoms with E-state index in [1.54, 1.807) is 11.3 Å². The molecule has 0 fully saturated rings. The van der Waals surface area contributed by atoms with E-state index in [0.717, 1.165) is 46.9 Å². The fourth-order valence-electron chi connectivity index (χ4n) is 3.98. The summed E-state index contributed by atoms with van der Waals surface area (Å²) in [5.74, 6) is 1.48. The van der Waals surface area contributed by atoms with Crippen molar-refractivity contribution in [2.75, 3.05) is 6.54 Å². The number of thiophene rings is 1. The van der Waals surface area contributed by atoms with Crippen molar-refractivity contribution in [3.63, 3.8) is 0 Å². The molecule has 0 aliphatic carbocycles. The minimum Gasteiger partial charge on any atom is -0.356 e. The lowest BCUT2D eigenvalue weighted by atomic mass is 9.99. The molecule has 1 N–H and O–H groups in total. The summed E-state index contributed by atoms with van der Waals surface area (Å²) in [5.41, 5.74) is 4.10. The molecule has 3 heterocycles. The van der Waals surface area contributed by atoms with Crippen molar-refractivity contribution < 1.29 is 4.79 Å². The molecule has 1 amide bonds. The standard InChI is InChI=1S/C24H28ClN5OS/c1-5-6-7-12-26-20(31)13-19-23-29-28-16(4)30(23)24-21(14(2)15(3)32-24)22(27-19)17-8-10-18(25)11-9-17/h8-11,19H,5-7,12-13H2,1-4H3,(H,26,31)/t19-/m0/s1. The van der Waals surface area contributed by atoms with Crippen LogP contribution in [-0.4, -0.2) is 32.9 Å². The summed E-state index contributed by atoms with van der Waals surface area (Å²) in [6.07, 6.45) is 3.44. The molecule has 1 aliphatic rings. The van der Waals surface area contributed by atoms with Gasteiger partial charge < -0.3 is 5.32 Å². The molecule has 0 bridgehead atoms. The number of amides is 1. The van der Waals surface area contributed by atoms with Crippen LogP contribution in [0.15, 0.2) is 29.3 Å². The molecular formula is C24H28ClN5OS. The van der Waals surface area contributed by atoms with Crippen molar-refractivity contribution >= 4 is 34.6 Å².